The van der Waals surface area contributed by atoms with Gasteiger partial charge in [0.25, 0.3) is 0 Å². The first-order valence-corrected chi connectivity index (χ1v) is 7.86. The Labute approximate surface area is 136 Å². The van der Waals surface area contributed by atoms with Gasteiger partial charge in [0.15, 0.2) is 0 Å². The van der Waals surface area contributed by atoms with Crippen LogP contribution in [0.15, 0.2) is 46.2 Å². The van der Waals surface area contributed by atoms with Crippen LogP contribution in [0.2, 0.25) is 0 Å². The molecule has 2 aromatic carbocycles. The molecule has 3 rings (SSSR count). The molecule has 2 nitrogen and oxygen atoms in total. The molecule has 1 aliphatic heterocycles. The maximum Gasteiger partial charge on any atom is 0.416 e. The van der Waals surface area contributed by atoms with Crippen LogP contribution >= 0.6 is 11.8 Å². The van der Waals surface area contributed by atoms with Gasteiger partial charge in [-0.3, -0.25) is 0 Å². The first-order chi connectivity index (χ1) is 10.9. The van der Waals surface area contributed by atoms with Gasteiger partial charge < -0.3 is 4.90 Å². The second kappa shape index (κ2) is 5.82. The smallest absolute Gasteiger partial charge is 0.339 e. The van der Waals surface area contributed by atoms with Crippen LogP contribution in [-0.2, 0) is 6.18 Å². The van der Waals surface area contributed by atoms with Crippen molar-refractivity contribution in [3.63, 3.8) is 0 Å². The number of nitrogens with zero attached hydrogens (tertiary/aromatic N) is 2. The minimum absolute atomic E-state index is 0.244. The van der Waals surface area contributed by atoms with Crippen LogP contribution in [-0.4, -0.2) is 6.54 Å². The number of nitriles is 1. The number of alkyl halides is 3. The first-order valence-electron chi connectivity index (χ1n) is 7.04. The molecule has 6 heteroatoms. The average Bonchev–Trinajstić information content (AvgIpc) is 2.50. The standard InChI is InChI=1S/C17H13F3N2S/c1-11-3-5-15-13(9-11)22(8-2-7-21)14-10-12(17(18,19)20)4-6-16(14)23-15/h3-6,9-10H,2,8H2,1H3. The van der Waals surface area contributed by atoms with Gasteiger partial charge in [-0.1, -0.05) is 17.8 Å². The number of fused-ring (bicyclic) bond motifs is 2. The van der Waals surface area contributed by atoms with Crippen molar-refractivity contribution in [3.8, 4) is 6.07 Å². The Morgan fingerprint density at radius 1 is 1.09 bits per heavy atom. The molecule has 0 fully saturated rings. The van der Waals surface area contributed by atoms with E-state index in [1.165, 1.54) is 23.9 Å². The van der Waals surface area contributed by atoms with Crippen molar-refractivity contribution in [3.05, 3.63) is 47.5 Å². The Morgan fingerprint density at radius 2 is 1.74 bits per heavy atom. The highest BCUT2D eigenvalue weighted by molar-refractivity contribution is 7.99. The summed E-state index contributed by atoms with van der Waals surface area (Å²) < 4.78 is 39.1. The third-order valence-corrected chi connectivity index (χ3v) is 4.78. The predicted octanol–water partition coefficient (Wildman–Crippen LogP) is 5.53. The van der Waals surface area contributed by atoms with Crippen LogP contribution in [0.3, 0.4) is 0 Å². The van der Waals surface area contributed by atoms with Gasteiger partial charge in [0.2, 0.25) is 0 Å². The van der Waals surface area contributed by atoms with Crippen LogP contribution in [0.1, 0.15) is 17.5 Å². The lowest BCUT2D eigenvalue weighted by molar-refractivity contribution is -0.137. The van der Waals surface area contributed by atoms with Crippen LogP contribution in [0.4, 0.5) is 24.5 Å². The van der Waals surface area contributed by atoms with E-state index in [0.29, 0.717) is 12.2 Å². The fraction of sp³-hybridized carbons (Fsp3) is 0.235. The van der Waals surface area contributed by atoms with Crippen molar-refractivity contribution in [1.82, 2.24) is 0 Å². The Bertz CT molecular complexity index is 793. The Morgan fingerprint density at radius 3 is 2.39 bits per heavy atom. The number of aryl methyl sites for hydroxylation is 1. The van der Waals surface area contributed by atoms with E-state index in [4.69, 9.17) is 5.26 Å². The van der Waals surface area contributed by atoms with E-state index < -0.39 is 11.7 Å². The average molecular weight is 334 g/mol. The zero-order valence-corrected chi connectivity index (χ0v) is 13.1. The summed E-state index contributed by atoms with van der Waals surface area (Å²) in [5.41, 5.74) is 1.73. The maximum absolute atomic E-state index is 13.0. The van der Waals surface area contributed by atoms with Gasteiger partial charge in [0.1, 0.15) is 0 Å². The molecule has 23 heavy (non-hydrogen) atoms. The van der Waals surface area contributed by atoms with Crippen molar-refractivity contribution in [2.45, 2.75) is 29.3 Å². The SMILES string of the molecule is Cc1ccc2c(c1)N(CCC#N)c1cc(C(F)(F)F)ccc1S2. The second-order valence-electron chi connectivity index (χ2n) is 5.31. The molecule has 1 heterocycles. The normalized spacial score (nSPS) is 13.3. The van der Waals surface area contributed by atoms with Crippen LogP contribution in [0, 0.1) is 18.3 Å². The fourth-order valence-electron chi connectivity index (χ4n) is 2.57. The van der Waals surface area contributed by atoms with E-state index >= 15 is 0 Å². The summed E-state index contributed by atoms with van der Waals surface area (Å²) in [5, 5.41) is 8.87. The third-order valence-electron chi connectivity index (χ3n) is 3.65. The van der Waals surface area contributed by atoms with E-state index in [1.807, 2.05) is 30.0 Å². The van der Waals surface area contributed by atoms with E-state index in [2.05, 4.69) is 6.07 Å². The topological polar surface area (TPSA) is 27.0 Å². The van der Waals surface area contributed by atoms with E-state index in [1.54, 1.807) is 0 Å². The van der Waals surface area contributed by atoms with Crippen LogP contribution < -0.4 is 4.90 Å². The number of benzene rings is 2. The number of hydrogen-bond acceptors (Lipinski definition) is 3. The van der Waals surface area contributed by atoms with Crippen LogP contribution in [0.25, 0.3) is 0 Å². The lowest BCUT2D eigenvalue weighted by Gasteiger charge is -2.33. The summed E-state index contributed by atoms with van der Waals surface area (Å²) >= 11 is 1.46. The molecule has 0 unspecified atom stereocenters. The van der Waals surface area contributed by atoms with Gasteiger partial charge in [0, 0.05) is 16.3 Å². The highest BCUT2D eigenvalue weighted by atomic mass is 32.2. The molecule has 0 amide bonds. The largest absolute Gasteiger partial charge is 0.416 e. The summed E-state index contributed by atoms with van der Waals surface area (Å²) in [4.78, 5) is 3.57. The number of anilines is 2. The quantitative estimate of drug-likeness (QED) is 0.722. The molecule has 0 atom stereocenters. The van der Waals surface area contributed by atoms with Crippen molar-refractivity contribution in [2.24, 2.45) is 0 Å². The molecule has 0 bridgehead atoms. The van der Waals surface area contributed by atoms with Gasteiger partial charge in [-0.2, -0.15) is 18.4 Å². The molecule has 0 aliphatic carbocycles. The Hall–Kier alpha value is -2.13. The zero-order valence-electron chi connectivity index (χ0n) is 12.3. The molecule has 118 valence electrons. The summed E-state index contributed by atoms with van der Waals surface area (Å²) in [6.45, 7) is 2.30. The molecule has 2 aromatic rings. The van der Waals surface area contributed by atoms with Crippen molar-refractivity contribution < 1.29 is 13.2 Å². The van der Waals surface area contributed by atoms with Gasteiger partial charge in [-0.15, -0.1) is 0 Å². The lowest BCUT2D eigenvalue weighted by Crippen LogP contribution is -2.22. The van der Waals surface area contributed by atoms with E-state index in [9.17, 15) is 13.2 Å². The minimum Gasteiger partial charge on any atom is -0.339 e. The summed E-state index contributed by atoms with van der Waals surface area (Å²) in [6, 6.07) is 11.7. The van der Waals surface area contributed by atoms with Crippen LogP contribution in [0.5, 0.6) is 0 Å². The molecular weight excluding hydrogens is 321 g/mol. The number of rotatable bonds is 2. The van der Waals surface area contributed by atoms with Gasteiger partial charge in [-0.25, -0.2) is 0 Å². The predicted molar refractivity (Wildman–Crippen MR) is 84.0 cm³/mol. The highest BCUT2D eigenvalue weighted by Gasteiger charge is 2.33. The van der Waals surface area contributed by atoms with Crippen molar-refractivity contribution in [2.75, 3.05) is 11.4 Å². The zero-order chi connectivity index (χ0) is 16.6. The molecule has 1 aliphatic rings. The Balaban J connectivity index is 2.13. The summed E-state index contributed by atoms with van der Waals surface area (Å²) in [7, 11) is 0. The molecular formula is C17H13F3N2S. The lowest BCUT2D eigenvalue weighted by atomic mass is 10.1. The highest BCUT2D eigenvalue weighted by Crippen LogP contribution is 2.49. The molecule has 0 saturated carbocycles. The minimum atomic E-state index is -4.38. The van der Waals surface area contributed by atoms with Gasteiger partial charge in [0.05, 0.1) is 29.4 Å². The molecule has 0 spiro atoms. The number of hydrogen-bond donors (Lipinski definition) is 0. The molecule has 0 aromatic heterocycles. The maximum atomic E-state index is 13.0. The number of halogens is 3. The summed E-state index contributed by atoms with van der Waals surface area (Å²) in [5.74, 6) is 0. The van der Waals surface area contributed by atoms with Crippen molar-refractivity contribution in [1.29, 1.82) is 5.26 Å². The second-order valence-corrected chi connectivity index (χ2v) is 6.40. The monoisotopic (exact) mass is 334 g/mol. The molecule has 0 radical (unpaired) electrons. The third kappa shape index (κ3) is 3.02. The van der Waals surface area contributed by atoms with E-state index in [-0.39, 0.29) is 6.42 Å². The fourth-order valence-corrected chi connectivity index (χ4v) is 3.62. The van der Waals surface area contributed by atoms with Gasteiger partial charge >= 0.3 is 6.18 Å². The van der Waals surface area contributed by atoms with Crippen molar-refractivity contribution >= 4 is 23.1 Å². The molecule has 0 N–H and O–H groups in total. The summed E-state index contributed by atoms with van der Waals surface area (Å²) in [6.07, 6.45) is -4.14. The molecule has 0 saturated heterocycles. The van der Waals surface area contributed by atoms with Gasteiger partial charge in [-0.05, 0) is 42.8 Å². The van der Waals surface area contributed by atoms with E-state index in [0.717, 1.165) is 27.1 Å². The first kappa shape index (κ1) is 15.8. The Kier molecular flexibility index (Phi) is 3.99.